The van der Waals surface area contributed by atoms with Gasteiger partial charge in [-0.05, 0) is 29.3 Å². The molecule has 0 radical (unpaired) electrons. The number of aromatic nitrogens is 5. The topological polar surface area (TPSA) is 124 Å². The summed E-state index contributed by atoms with van der Waals surface area (Å²) in [6.07, 6.45) is 1.58. The van der Waals surface area contributed by atoms with Gasteiger partial charge in [0.15, 0.2) is 5.82 Å². The Hall–Kier alpha value is -4.70. The zero-order valence-corrected chi connectivity index (χ0v) is 19.4. The van der Waals surface area contributed by atoms with Crippen LogP contribution in [0.2, 0.25) is 0 Å². The summed E-state index contributed by atoms with van der Waals surface area (Å²) in [4.78, 5) is 27.0. The number of hydrogen-bond acceptors (Lipinski definition) is 6. The number of morpholine rings is 1. The fourth-order valence-electron chi connectivity index (χ4n) is 4.27. The summed E-state index contributed by atoms with van der Waals surface area (Å²) in [5.41, 5.74) is 5.19. The predicted octanol–water partition coefficient (Wildman–Crippen LogP) is 4.50. The number of rotatable bonds is 5. The second-order valence-electron chi connectivity index (χ2n) is 8.43. The van der Waals surface area contributed by atoms with E-state index in [1.807, 2.05) is 54.6 Å². The van der Waals surface area contributed by atoms with E-state index in [4.69, 9.17) is 4.74 Å². The van der Waals surface area contributed by atoms with Gasteiger partial charge in [-0.25, -0.2) is 14.8 Å². The highest BCUT2D eigenvalue weighted by Crippen LogP contribution is 2.29. The summed E-state index contributed by atoms with van der Waals surface area (Å²) in [5.74, 6) is 1.35. The number of H-pyrrole nitrogens is 2. The Morgan fingerprint density at radius 2 is 1.67 bits per heavy atom. The van der Waals surface area contributed by atoms with E-state index in [9.17, 15) is 4.79 Å². The molecule has 0 aliphatic carbocycles. The minimum absolute atomic E-state index is 0.370. The van der Waals surface area contributed by atoms with Crippen molar-refractivity contribution in [2.75, 3.05) is 41.8 Å². The number of urea groups is 1. The van der Waals surface area contributed by atoms with Crippen LogP contribution in [0.5, 0.6) is 0 Å². The lowest BCUT2D eigenvalue weighted by molar-refractivity contribution is 0.122. The molecule has 0 saturated carbocycles. The van der Waals surface area contributed by atoms with Gasteiger partial charge in [0.1, 0.15) is 17.8 Å². The Bertz CT molecular complexity index is 1490. The number of carbonyl (C=O) groups excluding carboxylic acids is 1. The zero-order chi connectivity index (χ0) is 24.3. The molecule has 36 heavy (non-hydrogen) atoms. The van der Waals surface area contributed by atoms with Crippen molar-refractivity contribution in [3.63, 3.8) is 0 Å². The van der Waals surface area contributed by atoms with Gasteiger partial charge in [-0.15, -0.1) is 0 Å². The van der Waals surface area contributed by atoms with Crippen LogP contribution in [-0.4, -0.2) is 57.5 Å². The van der Waals surface area contributed by atoms with Gasteiger partial charge in [-0.1, -0.05) is 42.5 Å². The van der Waals surface area contributed by atoms with Gasteiger partial charge < -0.3 is 19.9 Å². The van der Waals surface area contributed by atoms with Crippen molar-refractivity contribution in [1.82, 2.24) is 25.1 Å². The maximum Gasteiger partial charge on any atom is 0.324 e. The summed E-state index contributed by atoms with van der Waals surface area (Å²) in [5, 5.41) is 13.7. The summed E-state index contributed by atoms with van der Waals surface area (Å²) in [6, 6.07) is 20.9. The lowest BCUT2D eigenvalue weighted by atomic mass is 10.1. The molecule has 0 spiro atoms. The molecule has 10 nitrogen and oxygen atoms in total. The van der Waals surface area contributed by atoms with Gasteiger partial charge in [-0.2, -0.15) is 5.10 Å². The molecule has 180 valence electrons. The van der Waals surface area contributed by atoms with E-state index in [1.54, 1.807) is 12.4 Å². The van der Waals surface area contributed by atoms with Crippen LogP contribution >= 0.6 is 0 Å². The molecule has 1 aliphatic heterocycles. The van der Waals surface area contributed by atoms with Crippen molar-refractivity contribution < 1.29 is 9.53 Å². The maximum absolute atomic E-state index is 12.5. The normalized spacial score (nSPS) is 13.6. The minimum Gasteiger partial charge on any atom is -0.378 e. The summed E-state index contributed by atoms with van der Waals surface area (Å²) >= 11 is 0. The Kier molecular flexibility index (Phi) is 5.76. The van der Waals surface area contributed by atoms with E-state index in [0.29, 0.717) is 24.7 Å². The molecule has 0 unspecified atom stereocenters. The first-order valence-corrected chi connectivity index (χ1v) is 11.7. The molecule has 2 amide bonds. The highest BCUT2D eigenvalue weighted by Gasteiger charge is 2.17. The van der Waals surface area contributed by atoms with Crippen LogP contribution in [0.4, 0.5) is 22.1 Å². The molecule has 6 rings (SSSR count). The van der Waals surface area contributed by atoms with E-state index in [2.05, 4.69) is 46.7 Å². The summed E-state index contributed by atoms with van der Waals surface area (Å²) in [6.45, 7) is 3.00. The van der Waals surface area contributed by atoms with E-state index >= 15 is 0 Å². The molecule has 3 aromatic heterocycles. The summed E-state index contributed by atoms with van der Waals surface area (Å²) in [7, 11) is 0. The van der Waals surface area contributed by atoms with Crippen LogP contribution in [-0.2, 0) is 4.74 Å². The lowest BCUT2D eigenvalue weighted by Gasteiger charge is -2.27. The van der Waals surface area contributed by atoms with Crippen LogP contribution in [0.25, 0.3) is 33.5 Å². The molecule has 1 aliphatic rings. The van der Waals surface area contributed by atoms with Crippen molar-refractivity contribution in [2.45, 2.75) is 0 Å². The Labute approximate surface area is 206 Å². The molecule has 2 aromatic carbocycles. The average molecular weight is 481 g/mol. The largest absolute Gasteiger partial charge is 0.378 e. The molecule has 0 bridgehead atoms. The van der Waals surface area contributed by atoms with Crippen molar-refractivity contribution in [2.24, 2.45) is 0 Å². The van der Waals surface area contributed by atoms with Crippen LogP contribution in [0.15, 0.2) is 73.1 Å². The highest BCUT2D eigenvalue weighted by molar-refractivity contribution is 5.99. The van der Waals surface area contributed by atoms with Gasteiger partial charge in [0.05, 0.1) is 24.3 Å². The molecular formula is C26H24N8O2. The Morgan fingerprint density at radius 3 is 2.47 bits per heavy atom. The first-order chi connectivity index (χ1) is 17.7. The highest BCUT2D eigenvalue weighted by atomic mass is 16.5. The fraction of sp³-hybridized carbons (Fsp3) is 0.154. The van der Waals surface area contributed by atoms with Gasteiger partial charge in [0, 0.05) is 30.5 Å². The third-order valence-electron chi connectivity index (χ3n) is 6.07. The van der Waals surface area contributed by atoms with Crippen molar-refractivity contribution in [3.8, 4) is 22.5 Å². The van der Waals surface area contributed by atoms with Crippen LogP contribution in [0, 0.1) is 0 Å². The molecule has 0 atom stereocenters. The van der Waals surface area contributed by atoms with Crippen LogP contribution < -0.4 is 15.5 Å². The van der Waals surface area contributed by atoms with Gasteiger partial charge in [-0.3, -0.25) is 10.4 Å². The van der Waals surface area contributed by atoms with Crippen molar-refractivity contribution >= 4 is 34.4 Å². The molecule has 4 heterocycles. The van der Waals surface area contributed by atoms with Crippen molar-refractivity contribution in [3.05, 3.63) is 73.1 Å². The third-order valence-corrected chi connectivity index (χ3v) is 6.07. The second kappa shape index (κ2) is 9.51. The van der Waals surface area contributed by atoms with Crippen LogP contribution in [0.3, 0.4) is 0 Å². The predicted molar refractivity (Wildman–Crippen MR) is 139 cm³/mol. The number of hydrogen-bond donors (Lipinski definition) is 4. The molecule has 4 N–H and O–H groups in total. The number of fused-ring (bicyclic) bond motifs is 1. The second-order valence-corrected chi connectivity index (χ2v) is 8.43. The van der Waals surface area contributed by atoms with Crippen LogP contribution in [0.1, 0.15) is 0 Å². The fourth-order valence-corrected chi connectivity index (χ4v) is 4.27. The van der Waals surface area contributed by atoms with E-state index in [1.165, 1.54) is 0 Å². The number of carbonyl (C=O) groups is 1. The molecular weight excluding hydrogens is 456 g/mol. The number of nitrogens with zero attached hydrogens (tertiary/aromatic N) is 4. The molecule has 1 fully saturated rings. The van der Waals surface area contributed by atoms with Crippen molar-refractivity contribution in [1.29, 1.82) is 0 Å². The van der Waals surface area contributed by atoms with Gasteiger partial charge >= 0.3 is 6.03 Å². The number of ether oxygens (including phenoxy) is 1. The quantitative estimate of drug-likeness (QED) is 0.294. The third kappa shape index (κ3) is 4.49. The number of anilines is 3. The van der Waals surface area contributed by atoms with E-state index in [-0.39, 0.29) is 6.03 Å². The molecule has 10 heteroatoms. The van der Waals surface area contributed by atoms with Gasteiger partial charge in [0.25, 0.3) is 0 Å². The number of amides is 2. The smallest absolute Gasteiger partial charge is 0.324 e. The standard InChI is InChI=1S/C26H24N8O2/c35-26(31-23-15-22(32-33-23)17-4-2-1-3-5-17)29-19-8-6-18(7-9-19)21-14-20-24(30-21)27-16-28-25(20)34-10-12-36-13-11-34/h1-9,14-16H,10-13H2,(H,27,28,30)(H3,29,31,32,33,35). The SMILES string of the molecule is O=C(Nc1ccc(-c2cc3c(N4CCOCC4)ncnc3[nH]2)cc1)Nc1cc(-c2ccccc2)[nH]n1. The van der Waals surface area contributed by atoms with Gasteiger partial charge in [0.2, 0.25) is 0 Å². The zero-order valence-electron chi connectivity index (χ0n) is 19.4. The maximum atomic E-state index is 12.5. The summed E-state index contributed by atoms with van der Waals surface area (Å²) < 4.78 is 5.47. The monoisotopic (exact) mass is 480 g/mol. The lowest BCUT2D eigenvalue weighted by Crippen LogP contribution is -2.36. The Balaban J connectivity index is 1.14. The average Bonchev–Trinajstić information content (AvgIpc) is 3.57. The van der Waals surface area contributed by atoms with E-state index in [0.717, 1.165) is 52.5 Å². The molecule has 1 saturated heterocycles. The number of nitrogens with one attached hydrogen (secondary N) is 4. The first-order valence-electron chi connectivity index (χ1n) is 11.7. The first kappa shape index (κ1) is 21.8. The molecule has 5 aromatic rings. The van der Waals surface area contributed by atoms with E-state index < -0.39 is 0 Å². The minimum atomic E-state index is -0.370. The number of benzene rings is 2. The Morgan fingerprint density at radius 1 is 0.889 bits per heavy atom. The number of aromatic amines is 2.